The molecular formula is C21H23N3O5S. The maximum atomic E-state index is 13.2. The maximum Gasteiger partial charge on any atom is 0.325 e. The molecule has 2 aromatic rings. The molecule has 0 aliphatic carbocycles. The Morgan fingerprint density at radius 3 is 2.60 bits per heavy atom. The van der Waals surface area contributed by atoms with Crippen molar-refractivity contribution in [2.24, 2.45) is 0 Å². The average Bonchev–Trinajstić information content (AvgIpc) is 3.18. The van der Waals surface area contributed by atoms with Gasteiger partial charge in [0, 0.05) is 13.1 Å². The van der Waals surface area contributed by atoms with E-state index in [1.165, 1.54) is 11.9 Å². The molecule has 8 nitrogen and oxygen atoms in total. The first-order chi connectivity index (χ1) is 14.1. The van der Waals surface area contributed by atoms with Crippen LogP contribution in [-0.2, 0) is 25.0 Å². The largest absolute Gasteiger partial charge is 0.340 e. The maximum absolute atomic E-state index is 13.2. The van der Waals surface area contributed by atoms with Crippen LogP contribution in [0.2, 0.25) is 0 Å². The molecular weight excluding hydrogens is 406 g/mol. The van der Waals surface area contributed by atoms with Crippen LogP contribution in [0.15, 0.2) is 42.5 Å². The summed E-state index contributed by atoms with van der Waals surface area (Å²) in [7, 11) is -1.64. The molecule has 2 fully saturated rings. The summed E-state index contributed by atoms with van der Waals surface area (Å²) in [5.41, 5.74) is -0.642. The minimum atomic E-state index is -3.15. The molecule has 2 aliphatic rings. The van der Waals surface area contributed by atoms with Gasteiger partial charge in [-0.05, 0) is 29.7 Å². The van der Waals surface area contributed by atoms with Gasteiger partial charge >= 0.3 is 6.03 Å². The van der Waals surface area contributed by atoms with E-state index < -0.39 is 45.8 Å². The normalized spacial score (nSPS) is 25.5. The number of hydrogen-bond acceptors (Lipinski definition) is 5. The number of amides is 4. The van der Waals surface area contributed by atoms with Gasteiger partial charge in [-0.3, -0.25) is 14.5 Å². The van der Waals surface area contributed by atoms with E-state index >= 15 is 0 Å². The van der Waals surface area contributed by atoms with E-state index in [2.05, 4.69) is 5.32 Å². The topological polar surface area (TPSA) is 104 Å². The second-order valence-electron chi connectivity index (χ2n) is 8.03. The van der Waals surface area contributed by atoms with Crippen LogP contribution in [0.4, 0.5) is 4.79 Å². The van der Waals surface area contributed by atoms with Crippen molar-refractivity contribution in [2.75, 3.05) is 25.1 Å². The monoisotopic (exact) mass is 429 g/mol. The van der Waals surface area contributed by atoms with E-state index in [0.29, 0.717) is 12.0 Å². The van der Waals surface area contributed by atoms with Crippen molar-refractivity contribution < 1.29 is 22.8 Å². The van der Waals surface area contributed by atoms with Gasteiger partial charge in [0.2, 0.25) is 5.91 Å². The van der Waals surface area contributed by atoms with E-state index in [4.69, 9.17) is 0 Å². The van der Waals surface area contributed by atoms with Gasteiger partial charge in [0.15, 0.2) is 9.84 Å². The number of likely N-dealkylation sites (N-methyl/N-ethyl adjacent to an activating group) is 1. The lowest BCUT2D eigenvalue weighted by Crippen LogP contribution is -2.46. The van der Waals surface area contributed by atoms with Crippen molar-refractivity contribution in [1.29, 1.82) is 0 Å². The standard InChI is InChI=1S/C21H23N3O5S/c1-21(17-9-5-7-14-6-3-4-8-16(14)17)19(26)24(20(27)22-21)12-18(25)23(2)15-10-11-30(28,29)13-15/h3-9,15H,10-13H2,1-2H3,(H,22,27)/t15-,21+/m1/s1. The molecule has 0 radical (unpaired) electrons. The Balaban J connectivity index is 1.57. The number of carbonyl (C=O) groups excluding carboxylic acids is 3. The first-order valence-electron chi connectivity index (χ1n) is 9.71. The molecule has 9 heteroatoms. The quantitative estimate of drug-likeness (QED) is 0.737. The third kappa shape index (κ3) is 3.32. The van der Waals surface area contributed by atoms with Crippen molar-refractivity contribution in [2.45, 2.75) is 24.9 Å². The third-order valence-corrected chi connectivity index (χ3v) is 7.80. The van der Waals surface area contributed by atoms with Crippen LogP contribution in [0.1, 0.15) is 18.9 Å². The predicted octanol–water partition coefficient (Wildman–Crippen LogP) is 1.25. The van der Waals surface area contributed by atoms with E-state index in [9.17, 15) is 22.8 Å². The van der Waals surface area contributed by atoms with Gasteiger partial charge < -0.3 is 10.2 Å². The number of urea groups is 1. The summed E-state index contributed by atoms with van der Waals surface area (Å²) < 4.78 is 23.4. The number of sulfone groups is 1. The molecule has 0 bridgehead atoms. The van der Waals surface area contributed by atoms with Crippen LogP contribution in [0.3, 0.4) is 0 Å². The van der Waals surface area contributed by atoms with E-state index in [0.717, 1.165) is 15.7 Å². The van der Waals surface area contributed by atoms with Gasteiger partial charge in [0.1, 0.15) is 12.1 Å². The number of imide groups is 1. The molecule has 30 heavy (non-hydrogen) atoms. The van der Waals surface area contributed by atoms with Gasteiger partial charge in [-0.1, -0.05) is 42.5 Å². The zero-order chi connectivity index (χ0) is 21.7. The van der Waals surface area contributed by atoms with Crippen LogP contribution in [-0.4, -0.2) is 67.2 Å². The molecule has 0 saturated carbocycles. The van der Waals surface area contributed by atoms with Crippen LogP contribution in [0, 0.1) is 0 Å². The molecule has 2 atom stereocenters. The molecule has 158 valence electrons. The van der Waals surface area contributed by atoms with Crippen LogP contribution >= 0.6 is 0 Å². The number of carbonyl (C=O) groups is 3. The summed E-state index contributed by atoms with van der Waals surface area (Å²) in [5.74, 6) is -1.03. The minimum absolute atomic E-state index is 0.0393. The summed E-state index contributed by atoms with van der Waals surface area (Å²) in [6, 6.07) is 12.0. The first kappa shape index (κ1) is 20.3. The predicted molar refractivity (Wildman–Crippen MR) is 111 cm³/mol. The van der Waals surface area contributed by atoms with Crippen molar-refractivity contribution >= 4 is 38.5 Å². The van der Waals surface area contributed by atoms with E-state index in [1.807, 2.05) is 36.4 Å². The second-order valence-corrected chi connectivity index (χ2v) is 10.3. The van der Waals surface area contributed by atoms with Gasteiger partial charge in [0.05, 0.1) is 11.5 Å². The smallest absolute Gasteiger partial charge is 0.325 e. The van der Waals surface area contributed by atoms with Gasteiger partial charge in [0.25, 0.3) is 5.91 Å². The molecule has 0 unspecified atom stereocenters. The number of benzene rings is 2. The number of rotatable bonds is 4. The number of hydrogen-bond donors (Lipinski definition) is 1. The molecule has 2 aromatic carbocycles. The number of nitrogens with zero attached hydrogens (tertiary/aromatic N) is 2. The lowest BCUT2D eigenvalue weighted by Gasteiger charge is -2.26. The molecule has 4 rings (SSSR count). The van der Waals surface area contributed by atoms with E-state index in [1.54, 1.807) is 13.0 Å². The molecule has 4 amide bonds. The Kier molecular flexibility index (Phi) is 4.80. The van der Waals surface area contributed by atoms with Crippen LogP contribution in [0.5, 0.6) is 0 Å². The Hall–Kier alpha value is -2.94. The fourth-order valence-corrected chi connectivity index (χ4v) is 5.99. The van der Waals surface area contributed by atoms with Gasteiger partial charge in [-0.2, -0.15) is 0 Å². The van der Waals surface area contributed by atoms with E-state index in [-0.39, 0.29) is 11.5 Å². The Labute approximate surface area is 174 Å². The molecule has 0 spiro atoms. The SMILES string of the molecule is CN(C(=O)CN1C(=O)N[C@@](C)(c2cccc3ccccc23)C1=O)[C@@H]1CCS(=O)(=O)C1. The number of fused-ring (bicyclic) bond motifs is 1. The fourth-order valence-electron chi connectivity index (χ4n) is 4.22. The highest BCUT2D eigenvalue weighted by Crippen LogP contribution is 2.33. The van der Waals surface area contributed by atoms with Crippen molar-refractivity contribution in [3.8, 4) is 0 Å². The average molecular weight is 429 g/mol. The third-order valence-electron chi connectivity index (χ3n) is 6.05. The fraction of sp³-hybridized carbons (Fsp3) is 0.381. The van der Waals surface area contributed by atoms with Gasteiger partial charge in [-0.25, -0.2) is 13.2 Å². The first-order valence-corrected chi connectivity index (χ1v) is 11.5. The Morgan fingerprint density at radius 2 is 1.90 bits per heavy atom. The van der Waals surface area contributed by atoms with Crippen molar-refractivity contribution in [3.63, 3.8) is 0 Å². The molecule has 2 heterocycles. The van der Waals surface area contributed by atoms with Crippen molar-refractivity contribution in [1.82, 2.24) is 15.1 Å². The van der Waals surface area contributed by atoms with Gasteiger partial charge in [-0.15, -0.1) is 0 Å². The highest BCUT2D eigenvalue weighted by atomic mass is 32.2. The lowest BCUT2D eigenvalue weighted by atomic mass is 9.88. The highest BCUT2D eigenvalue weighted by molar-refractivity contribution is 7.91. The summed E-state index contributed by atoms with van der Waals surface area (Å²) in [6.07, 6.45) is 0.360. The Bertz CT molecular complexity index is 1160. The zero-order valence-electron chi connectivity index (χ0n) is 16.8. The van der Waals surface area contributed by atoms with Crippen molar-refractivity contribution in [3.05, 3.63) is 48.0 Å². The summed E-state index contributed by atoms with van der Waals surface area (Å²) >= 11 is 0. The highest BCUT2D eigenvalue weighted by Gasteiger charge is 2.50. The number of nitrogens with one attached hydrogen (secondary N) is 1. The summed E-state index contributed by atoms with van der Waals surface area (Å²) in [4.78, 5) is 40.8. The minimum Gasteiger partial charge on any atom is -0.340 e. The van der Waals surface area contributed by atoms with Crippen LogP contribution < -0.4 is 5.32 Å². The molecule has 1 N–H and O–H groups in total. The second kappa shape index (κ2) is 7.09. The molecule has 2 aliphatic heterocycles. The van der Waals surface area contributed by atoms with Crippen LogP contribution in [0.25, 0.3) is 10.8 Å². The Morgan fingerprint density at radius 1 is 1.20 bits per heavy atom. The zero-order valence-corrected chi connectivity index (χ0v) is 17.6. The lowest BCUT2D eigenvalue weighted by molar-refractivity contribution is -0.139. The molecule has 0 aromatic heterocycles. The summed E-state index contributed by atoms with van der Waals surface area (Å²) in [6.45, 7) is 1.20. The molecule has 2 saturated heterocycles. The summed E-state index contributed by atoms with van der Waals surface area (Å²) in [5, 5.41) is 4.52.